The van der Waals surface area contributed by atoms with Crippen molar-refractivity contribution in [3.05, 3.63) is 28.4 Å². The predicted octanol–water partition coefficient (Wildman–Crippen LogP) is 1.29. The van der Waals surface area contributed by atoms with E-state index in [0.29, 0.717) is 5.46 Å². The van der Waals surface area contributed by atoms with Crippen molar-refractivity contribution in [1.29, 1.82) is 0 Å². The van der Waals surface area contributed by atoms with Crippen LogP contribution in [0.5, 0.6) is 0 Å². The highest BCUT2D eigenvalue weighted by Gasteiger charge is 2.52. The van der Waals surface area contributed by atoms with Crippen LogP contribution in [-0.2, 0) is 9.31 Å². The van der Waals surface area contributed by atoms with Crippen LogP contribution in [0.1, 0.15) is 27.7 Å². The molecule has 1 saturated heterocycles. The van der Waals surface area contributed by atoms with Gasteiger partial charge in [0.05, 0.1) is 11.2 Å². The molecule has 6 nitrogen and oxygen atoms in total. The Kier molecular flexibility index (Phi) is 2.91. The number of pyridine rings is 1. The molecule has 0 N–H and O–H groups in total. The van der Waals surface area contributed by atoms with E-state index in [1.54, 1.807) is 6.07 Å². The predicted molar refractivity (Wildman–Crippen MR) is 66.6 cm³/mol. The van der Waals surface area contributed by atoms with Crippen molar-refractivity contribution in [2.45, 2.75) is 38.9 Å². The molecule has 7 heteroatoms. The van der Waals surface area contributed by atoms with Crippen molar-refractivity contribution in [3.63, 3.8) is 0 Å². The molecule has 1 aliphatic heterocycles. The molecule has 0 radical (unpaired) electrons. The van der Waals surface area contributed by atoms with Gasteiger partial charge in [-0.15, -0.1) is 0 Å². The fraction of sp³-hybridized carbons (Fsp3) is 0.545. The molecular formula is C11H15BN2O4. The Labute approximate surface area is 106 Å². The molecule has 18 heavy (non-hydrogen) atoms. The van der Waals surface area contributed by atoms with E-state index in [2.05, 4.69) is 4.98 Å². The first-order valence-electron chi connectivity index (χ1n) is 5.69. The summed E-state index contributed by atoms with van der Waals surface area (Å²) in [6, 6.07) is 2.95. The monoisotopic (exact) mass is 250 g/mol. The first-order chi connectivity index (χ1) is 8.23. The van der Waals surface area contributed by atoms with E-state index in [4.69, 9.17) is 9.31 Å². The molecule has 1 aromatic heterocycles. The fourth-order valence-electron chi connectivity index (χ4n) is 1.62. The van der Waals surface area contributed by atoms with Crippen molar-refractivity contribution in [2.75, 3.05) is 0 Å². The maximum atomic E-state index is 10.5. The Morgan fingerprint density at radius 1 is 1.22 bits per heavy atom. The van der Waals surface area contributed by atoms with Crippen molar-refractivity contribution in [1.82, 2.24) is 4.98 Å². The Morgan fingerprint density at radius 3 is 2.17 bits per heavy atom. The molecule has 0 spiro atoms. The van der Waals surface area contributed by atoms with Crippen LogP contribution in [0.3, 0.4) is 0 Å². The highest BCUT2D eigenvalue weighted by Crippen LogP contribution is 2.36. The average molecular weight is 250 g/mol. The third-order valence-corrected chi connectivity index (χ3v) is 3.48. The Morgan fingerprint density at radius 2 is 1.78 bits per heavy atom. The van der Waals surface area contributed by atoms with E-state index in [0.717, 1.165) is 0 Å². The van der Waals surface area contributed by atoms with Crippen LogP contribution in [0.25, 0.3) is 0 Å². The van der Waals surface area contributed by atoms with Gasteiger partial charge in [-0.25, -0.2) is 0 Å². The lowest BCUT2D eigenvalue weighted by molar-refractivity contribution is -0.389. The van der Waals surface area contributed by atoms with Crippen LogP contribution in [0, 0.1) is 10.1 Å². The zero-order chi connectivity index (χ0) is 13.6. The second-order valence-corrected chi connectivity index (χ2v) is 5.30. The molecule has 1 aromatic rings. The number of hydrogen-bond donors (Lipinski definition) is 0. The third-order valence-electron chi connectivity index (χ3n) is 3.48. The van der Waals surface area contributed by atoms with Crippen molar-refractivity contribution in [3.8, 4) is 0 Å². The lowest BCUT2D eigenvalue weighted by Gasteiger charge is -2.32. The highest BCUT2D eigenvalue weighted by molar-refractivity contribution is 6.62. The second kappa shape index (κ2) is 4.03. The smallest absolute Gasteiger partial charge is 0.399 e. The van der Waals surface area contributed by atoms with Gasteiger partial charge < -0.3 is 19.4 Å². The molecule has 0 aliphatic carbocycles. The lowest BCUT2D eigenvalue weighted by atomic mass is 9.80. The normalized spacial score (nSPS) is 21.0. The Balaban J connectivity index is 2.22. The van der Waals surface area contributed by atoms with Gasteiger partial charge in [0.1, 0.15) is 6.20 Å². The molecule has 1 fully saturated rings. The summed E-state index contributed by atoms with van der Waals surface area (Å²) in [5.74, 6) is -0.185. The van der Waals surface area contributed by atoms with E-state index >= 15 is 0 Å². The van der Waals surface area contributed by atoms with E-state index in [1.807, 2.05) is 27.7 Å². The standard InChI is InChI=1S/C11H15BN2O4/c1-10(2)11(3,4)18-12(17-10)8-5-6-9(13-7-8)14(15)16/h5-7H,1-4H3. The summed E-state index contributed by atoms with van der Waals surface area (Å²) in [6.45, 7) is 7.80. The van der Waals surface area contributed by atoms with Crippen LogP contribution < -0.4 is 5.46 Å². The number of aromatic nitrogens is 1. The molecule has 0 amide bonds. The topological polar surface area (TPSA) is 74.5 Å². The average Bonchev–Trinajstić information content (AvgIpc) is 2.48. The second-order valence-electron chi connectivity index (χ2n) is 5.30. The van der Waals surface area contributed by atoms with Gasteiger partial charge in [-0.2, -0.15) is 0 Å². The molecule has 96 valence electrons. The maximum absolute atomic E-state index is 10.5. The van der Waals surface area contributed by atoms with Crippen LogP contribution in [0.2, 0.25) is 0 Å². The van der Waals surface area contributed by atoms with Gasteiger partial charge in [0.25, 0.3) is 0 Å². The summed E-state index contributed by atoms with van der Waals surface area (Å²) in [7, 11) is -0.539. The minimum atomic E-state index is -0.539. The quantitative estimate of drug-likeness (QED) is 0.449. The molecule has 0 aromatic carbocycles. The summed E-state index contributed by atoms with van der Waals surface area (Å²) in [6.07, 6.45) is 1.42. The summed E-state index contributed by atoms with van der Waals surface area (Å²) in [5.41, 5.74) is -0.182. The number of rotatable bonds is 2. The van der Waals surface area contributed by atoms with E-state index in [9.17, 15) is 10.1 Å². The van der Waals surface area contributed by atoms with E-state index in [-0.39, 0.29) is 5.82 Å². The molecule has 0 unspecified atom stereocenters. The zero-order valence-corrected chi connectivity index (χ0v) is 10.8. The van der Waals surface area contributed by atoms with Gasteiger partial charge in [-0.3, -0.25) is 0 Å². The van der Waals surface area contributed by atoms with Crippen molar-refractivity contribution < 1.29 is 14.2 Å². The van der Waals surface area contributed by atoms with Gasteiger partial charge in [-0.05, 0) is 37.6 Å². The first kappa shape index (κ1) is 13.0. The minimum absolute atomic E-state index is 0.185. The van der Waals surface area contributed by atoms with Crippen LogP contribution in [0.15, 0.2) is 18.3 Å². The third kappa shape index (κ3) is 2.11. The van der Waals surface area contributed by atoms with Gasteiger partial charge in [-0.1, -0.05) is 6.07 Å². The van der Waals surface area contributed by atoms with E-state index in [1.165, 1.54) is 12.3 Å². The number of hydrogen-bond acceptors (Lipinski definition) is 5. The number of nitro groups is 1. The molecule has 2 heterocycles. The fourth-order valence-corrected chi connectivity index (χ4v) is 1.62. The minimum Gasteiger partial charge on any atom is -0.399 e. The van der Waals surface area contributed by atoms with Crippen molar-refractivity contribution >= 4 is 18.4 Å². The van der Waals surface area contributed by atoms with Crippen LogP contribution in [0.4, 0.5) is 5.82 Å². The molecule has 0 saturated carbocycles. The van der Waals surface area contributed by atoms with Gasteiger partial charge in [0, 0.05) is 11.5 Å². The molecule has 2 rings (SSSR count). The van der Waals surface area contributed by atoms with Crippen LogP contribution in [-0.4, -0.2) is 28.2 Å². The van der Waals surface area contributed by atoms with Gasteiger partial charge >= 0.3 is 12.9 Å². The van der Waals surface area contributed by atoms with Gasteiger partial charge in [0.2, 0.25) is 0 Å². The molecule has 1 aliphatic rings. The SMILES string of the molecule is CC1(C)OB(c2ccc([N+](=O)[O-])nc2)OC1(C)C. The van der Waals surface area contributed by atoms with Crippen molar-refractivity contribution in [2.24, 2.45) is 0 Å². The van der Waals surface area contributed by atoms with Crippen LogP contribution >= 0.6 is 0 Å². The number of nitrogens with zero attached hydrogens (tertiary/aromatic N) is 2. The summed E-state index contributed by atoms with van der Waals surface area (Å²) in [4.78, 5) is 13.7. The first-order valence-corrected chi connectivity index (χ1v) is 5.69. The summed E-state index contributed by atoms with van der Waals surface area (Å²) in [5, 5.41) is 10.5. The molecular weight excluding hydrogens is 235 g/mol. The van der Waals surface area contributed by atoms with E-state index < -0.39 is 23.2 Å². The maximum Gasteiger partial charge on any atom is 0.498 e. The summed E-state index contributed by atoms with van der Waals surface area (Å²) < 4.78 is 11.6. The largest absolute Gasteiger partial charge is 0.498 e. The Bertz CT molecular complexity index is 456. The van der Waals surface area contributed by atoms with Gasteiger partial charge in [0.15, 0.2) is 0 Å². The summed E-state index contributed by atoms with van der Waals surface area (Å²) >= 11 is 0. The zero-order valence-electron chi connectivity index (χ0n) is 10.8. The molecule has 0 atom stereocenters. The highest BCUT2D eigenvalue weighted by atomic mass is 16.7. The Hall–Kier alpha value is -1.47. The molecule has 0 bridgehead atoms. The lowest BCUT2D eigenvalue weighted by Crippen LogP contribution is -2.41.